The summed E-state index contributed by atoms with van der Waals surface area (Å²) in [4.78, 5) is 42.6. The summed E-state index contributed by atoms with van der Waals surface area (Å²) in [6, 6.07) is 5.91. The number of fused-ring (bicyclic) bond motifs is 1. The number of carbonyl (C=O) groups excluding carboxylic acids is 3. The molecule has 0 unspecified atom stereocenters. The number of amidine groups is 1. The summed E-state index contributed by atoms with van der Waals surface area (Å²) in [7, 11) is -3.79. The molecule has 1 aromatic rings. The van der Waals surface area contributed by atoms with Crippen LogP contribution in [-0.2, 0) is 24.4 Å². The maximum absolute atomic E-state index is 12.5. The van der Waals surface area contributed by atoms with Gasteiger partial charge in [-0.25, -0.2) is 8.42 Å². The van der Waals surface area contributed by atoms with Crippen LogP contribution >= 0.6 is 0 Å². The fraction of sp³-hybridized carbons (Fsp3) is 0.429. The van der Waals surface area contributed by atoms with Crippen molar-refractivity contribution in [1.82, 2.24) is 9.62 Å². The van der Waals surface area contributed by atoms with Crippen LogP contribution in [0.15, 0.2) is 46.3 Å². The number of rotatable bonds is 6. The number of hydrogen-bond donors (Lipinski definition) is 2. The Morgan fingerprint density at radius 2 is 1.84 bits per heavy atom. The minimum absolute atomic E-state index is 0.00979. The predicted molar refractivity (Wildman–Crippen MR) is 114 cm³/mol. The minimum atomic E-state index is -3.79. The summed E-state index contributed by atoms with van der Waals surface area (Å²) >= 11 is 0. The van der Waals surface area contributed by atoms with Crippen LogP contribution in [0.25, 0.3) is 0 Å². The molecule has 31 heavy (non-hydrogen) atoms. The van der Waals surface area contributed by atoms with E-state index in [9.17, 15) is 22.8 Å². The van der Waals surface area contributed by atoms with Gasteiger partial charge >= 0.3 is 0 Å². The van der Waals surface area contributed by atoms with E-state index >= 15 is 0 Å². The first-order chi connectivity index (χ1) is 14.8. The van der Waals surface area contributed by atoms with Gasteiger partial charge in [0.2, 0.25) is 17.7 Å². The van der Waals surface area contributed by atoms with Crippen molar-refractivity contribution < 1.29 is 22.8 Å². The van der Waals surface area contributed by atoms with E-state index in [0.29, 0.717) is 37.3 Å². The molecule has 2 aliphatic heterocycles. The van der Waals surface area contributed by atoms with Crippen molar-refractivity contribution in [1.29, 1.82) is 0 Å². The molecule has 2 atom stereocenters. The Morgan fingerprint density at radius 1 is 1.13 bits per heavy atom. The summed E-state index contributed by atoms with van der Waals surface area (Å²) in [5.74, 6) is -1.05. The van der Waals surface area contributed by atoms with E-state index in [-0.39, 0.29) is 41.5 Å². The maximum atomic E-state index is 12.5. The van der Waals surface area contributed by atoms with Crippen molar-refractivity contribution >= 4 is 39.3 Å². The number of benzene rings is 1. The van der Waals surface area contributed by atoms with Gasteiger partial charge in [0.1, 0.15) is 5.84 Å². The highest BCUT2D eigenvalue weighted by atomic mass is 32.2. The van der Waals surface area contributed by atoms with E-state index in [0.717, 1.165) is 6.42 Å². The third kappa shape index (κ3) is 4.53. The Labute approximate surface area is 180 Å². The molecule has 1 saturated heterocycles. The Kier molecular flexibility index (Phi) is 5.90. The van der Waals surface area contributed by atoms with Crippen molar-refractivity contribution in [2.45, 2.75) is 37.0 Å². The van der Waals surface area contributed by atoms with Gasteiger partial charge in [-0.3, -0.25) is 29.0 Å². The Hall–Kier alpha value is -3.01. The molecule has 0 bridgehead atoms. The highest BCUT2D eigenvalue weighted by Crippen LogP contribution is 2.35. The molecule has 164 valence electrons. The number of amides is 3. The van der Waals surface area contributed by atoms with Crippen LogP contribution in [0.5, 0.6) is 0 Å². The van der Waals surface area contributed by atoms with E-state index in [1.165, 1.54) is 23.1 Å². The van der Waals surface area contributed by atoms with Crippen LogP contribution in [0.4, 0.5) is 5.69 Å². The largest absolute Gasteiger partial charge is 0.326 e. The van der Waals surface area contributed by atoms with Crippen molar-refractivity contribution in [3.63, 3.8) is 0 Å². The fourth-order valence-electron chi connectivity index (χ4n) is 4.10. The lowest BCUT2D eigenvalue weighted by Crippen LogP contribution is -2.34. The molecule has 1 aliphatic carbocycles. The highest BCUT2D eigenvalue weighted by molar-refractivity contribution is 7.90. The number of likely N-dealkylation sites (tertiary alicyclic amines) is 1. The van der Waals surface area contributed by atoms with Gasteiger partial charge in [0.05, 0.1) is 16.7 Å². The first kappa shape index (κ1) is 21.2. The number of nitrogens with one attached hydrogen (secondary N) is 2. The van der Waals surface area contributed by atoms with Gasteiger partial charge in [-0.05, 0) is 37.5 Å². The normalized spacial score (nSPS) is 23.0. The fourth-order valence-corrected chi connectivity index (χ4v) is 5.24. The number of imide groups is 1. The van der Waals surface area contributed by atoms with Gasteiger partial charge in [0.15, 0.2) is 0 Å². The topological polar surface area (TPSA) is 125 Å². The predicted octanol–water partition coefficient (Wildman–Crippen LogP) is 1.44. The van der Waals surface area contributed by atoms with Crippen molar-refractivity contribution in [2.75, 3.05) is 18.4 Å². The van der Waals surface area contributed by atoms with Gasteiger partial charge < -0.3 is 5.32 Å². The van der Waals surface area contributed by atoms with Gasteiger partial charge in [-0.15, -0.1) is 0 Å². The quantitative estimate of drug-likeness (QED) is 0.507. The third-order valence-corrected chi connectivity index (χ3v) is 7.09. The average Bonchev–Trinajstić information content (AvgIpc) is 3.33. The summed E-state index contributed by atoms with van der Waals surface area (Å²) in [5, 5.41) is 2.64. The molecule has 0 aromatic heterocycles. The molecule has 0 saturated carbocycles. The third-order valence-electron chi connectivity index (χ3n) is 5.72. The van der Waals surface area contributed by atoms with E-state index in [4.69, 9.17) is 0 Å². The lowest BCUT2D eigenvalue weighted by atomic mass is 9.85. The lowest BCUT2D eigenvalue weighted by molar-refractivity contribution is -0.140. The zero-order valence-electron chi connectivity index (χ0n) is 16.9. The second kappa shape index (κ2) is 8.62. The van der Waals surface area contributed by atoms with Gasteiger partial charge in [-0.2, -0.15) is 0 Å². The number of sulfonamides is 1. The standard InChI is InChI=1S/C21H24N4O5S/c26-19(10-12-25-20(27)16-7-1-2-8-17(16)21(25)28)23-14-5-3-6-15(13-14)31(29,30)24-18-9-4-11-22-18/h1-3,5-6,13,16-17H,4,7-12H2,(H,22,24)(H,23,26)/t16-,17-/m0/s1. The van der Waals surface area contributed by atoms with E-state index < -0.39 is 15.9 Å². The zero-order valence-corrected chi connectivity index (χ0v) is 17.7. The number of carbonyl (C=O) groups is 3. The number of anilines is 1. The monoisotopic (exact) mass is 444 g/mol. The van der Waals surface area contributed by atoms with E-state index in [1.54, 1.807) is 6.07 Å². The van der Waals surface area contributed by atoms with Gasteiger partial charge in [-0.1, -0.05) is 18.2 Å². The molecular weight excluding hydrogens is 420 g/mol. The summed E-state index contributed by atoms with van der Waals surface area (Å²) in [6.45, 7) is 0.615. The smallest absolute Gasteiger partial charge is 0.262 e. The number of hydrogen-bond acceptors (Lipinski definition) is 6. The molecule has 2 heterocycles. The molecular formula is C21H24N4O5S. The Balaban J connectivity index is 1.35. The second-order valence-electron chi connectivity index (χ2n) is 7.85. The number of allylic oxidation sites excluding steroid dienone is 2. The molecule has 1 fully saturated rings. The molecule has 1 aromatic carbocycles. The molecule has 9 nitrogen and oxygen atoms in total. The molecule has 2 N–H and O–H groups in total. The van der Waals surface area contributed by atoms with Crippen LogP contribution in [-0.4, -0.2) is 50.0 Å². The Morgan fingerprint density at radius 3 is 2.48 bits per heavy atom. The van der Waals surface area contributed by atoms with Crippen molar-refractivity contribution in [3.8, 4) is 0 Å². The molecule has 3 aliphatic rings. The molecule has 4 rings (SSSR count). The minimum Gasteiger partial charge on any atom is -0.326 e. The first-order valence-corrected chi connectivity index (χ1v) is 11.8. The van der Waals surface area contributed by atoms with Crippen LogP contribution in [0.3, 0.4) is 0 Å². The van der Waals surface area contributed by atoms with Crippen LogP contribution in [0, 0.1) is 11.8 Å². The number of aliphatic imine (C=N–C) groups is 1. The van der Waals surface area contributed by atoms with Crippen LogP contribution < -0.4 is 10.0 Å². The second-order valence-corrected chi connectivity index (χ2v) is 9.53. The molecule has 10 heteroatoms. The van der Waals surface area contributed by atoms with E-state index in [1.807, 2.05) is 12.2 Å². The lowest BCUT2D eigenvalue weighted by Gasteiger charge is -2.14. The van der Waals surface area contributed by atoms with Crippen molar-refractivity contribution in [3.05, 3.63) is 36.4 Å². The first-order valence-electron chi connectivity index (χ1n) is 10.3. The SMILES string of the molecule is O=C(CCN1C(=O)[C@H]2CC=CC[C@@H]2C1=O)Nc1cccc(S(=O)(=O)NC2=NCCC2)c1. The van der Waals surface area contributed by atoms with Crippen molar-refractivity contribution in [2.24, 2.45) is 16.8 Å². The molecule has 0 spiro atoms. The van der Waals surface area contributed by atoms with Crippen LogP contribution in [0.2, 0.25) is 0 Å². The number of nitrogens with zero attached hydrogens (tertiary/aromatic N) is 2. The summed E-state index contributed by atoms with van der Waals surface area (Å²) in [6.07, 6.45) is 6.28. The maximum Gasteiger partial charge on any atom is 0.262 e. The molecule has 3 amide bonds. The van der Waals surface area contributed by atoms with Gasteiger partial charge in [0.25, 0.3) is 10.0 Å². The zero-order chi connectivity index (χ0) is 22.0. The molecule has 0 radical (unpaired) electrons. The summed E-state index contributed by atoms with van der Waals surface area (Å²) in [5.41, 5.74) is 0.318. The van der Waals surface area contributed by atoms with Crippen LogP contribution in [0.1, 0.15) is 32.1 Å². The Bertz CT molecular complexity index is 1050. The summed E-state index contributed by atoms with van der Waals surface area (Å²) < 4.78 is 27.5. The van der Waals surface area contributed by atoms with E-state index in [2.05, 4.69) is 15.0 Å². The average molecular weight is 445 g/mol. The van der Waals surface area contributed by atoms with Gasteiger partial charge in [0, 0.05) is 31.6 Å². The highest BCUT2D eigenvalue weighted by Gasteiger charge is 2.46.